The molecule has 0 unspecified atom stereocenters. The number of carbonyl (C=O) groups excluding carboxylic acids is 1. The third-order valence-electron chi connectivity index (χ3n) is 4.04. The monoisotopic (exact) mass is 475 g/mol. The number of benzene rings is 1. The predicted octanol–water partition coefficient (Wildman–Crippen LogP) is 5.43. The normalized spacial score (nSPS) is 11.0. The molecule has 3 heterocycles. The number of carbonyl (C=O) groups is 1. The van der Waals surface area contributed by atoms with Gasteiger partial charge in [0.15, 0.2) is 11.6 Å². The summed E-state index contributed by atoms with van der Waals surface area (Å²) in [5, 5.41) is 3.92. The summed E-state index contributed by atoms with van der Waals surface area (Å²) in [5.41, 5.74) is 2.54. The van der Waals surface area contributed by atoms with Crippen molar-refractivity contribution in [1.29, 1.82) is 0 Å². The van der Waals surface area contributed by atoms with Gasteiger partial charge in [0.2, 0.25) is 0 Å². The lowest BCUT2D eigenvalue weighted by atomic mass is 10.1. The van der Waals surface area contributed by atoms with Gasteiger partial charge in [0.25, 0.3) is 5.91 Å². The molecule has 0 spiro atoms. The van der Waals surface area contributed by atoms with Gasteiger partial charge in [-0.25, -0.2) is 9.97 Å². The number of hydrogen-bond donors (Lipinski definition) is 1. The van der Waals surface area contributed by atoms with E-state index in [1.807, 2.05) is 44.2 Å². The quantitative estimate of drug-likeness (QED) is 0.402. The van der Waals surface area contributed by atoms with Gasteiger partial charge in [-0.1, -0.05) is 12.1 Å². The first-order valence-electron chi connectivity index (χ1n) is 7.92. The molecular weight excluding hydrogens is 461 g/mol. The summed E-state index contributed by atoms with van der Waals surface area (Å²) in [4.78, 5) is 23.4. The molecule has 0 saturated heterocycles. The maximum absolute atomic E-state index is 12.8. The summed E-state index contributed by atoms with van der Waals surface area (Å²) < 4.78 is 6.39. The summed E-state index contributed by atoms with van der Waals surface area (Å²) >= 11 is 3.58. The number of amides is 1. The Morgan fingerprint density at radius 2 is 1.96 bits per heavy atom. The average Bonchev–Trinajstić information content (AvgIpc) is 3.25. The molecular formula is C19H14IN3O2S. The molecule has 26 heavy (non-hydrogen) atoms. The molecule has 0 atom stereocenters. The number of fused-ring (bicyclic) bond motifs is 1. The lowest BCUT2D eigenvalue weighted by molar-refractivity contribution is 0.103. The van der Waals surface area contributed by atoms with Gasteiger partial charge in [0.05, 0.1) is 22.5 Å². The Bertz CT molecular complexity index is 1120. The van der Waals surface area contributed by atoms with E-state index in [4.69, 9.17) is 4.42 Å². The van der Waals surface area contributed by atoms with Gasteiger partial charge >= 0.3 is 0 Å². The Kier molecular flexibility index (Phi) is 4.49. The van der Waals surface area contributed by atoms with Crippen LogP contribution in [0.5, 0.6) is 0 Å². The van der Waals surface area contributed by atoms with Crippen molar-refractivity contribution in [1.82, 2.24) is 9.97 Å². The van der Waals surface area contributed by atoms with Crippen molar-refractivity contribution < 1.29 is 9.21 Å². The first-order chi connectivity index (χ1) is 12.5. The molecule has 0 radical (unpaired) electrons. The first-order valence-corrected chi connectivity index (χ1v) is 9.81. The van der Waals surface area contributed by atoms with Crippen LogP contribution >= 0.6 is 33.9 Å². The first kappa shape index (κ1) is 17.2. The third-order valence-corrected chi connectivity index (χ3v) is 6.17. The van der Waals surface area contributed by atoms with Crippen LogP contribution in [0.1, 0.15) is 20.9 Å². The second-order valence-corrected chi connectivity index (χ2v) is 7.94. The van der Waals surface area contributed by atoms with Crippen LogP contribution in [0.4, 0.5) is 5.69 Å². The molecule has 4 aromatic rings. The van der Waals surface area contributed by atoms with Crippen molar-refractivity contribution in [2.45, 2.75) is 13.8 Å². The number of halogens is 1. The van der Waals surface area contributed by atoms with E-state index in [9.17, 15) is 4.79 Å². The second kappa shape index (κ2) is 6.81. The minimum Gasteiger partial charge on any atom is -0.461 e. The van der Waals surface area contributed by atoms with Crippen LogP contribution in [0, 0.1) is 17.4 Å². The minimum atomic E-state index is -0.131. The van der Waals surface area contributed by atoms with Gasteiger partial charge in [-0.2, -0.15) is 0 Å². The van der Waals surface area contributed by atoms with Crippen molar-refractivity contribution in [3.8, 4) is 11.6 Å². The molecule has 0 bridgehead atoms. The van der Waals surface area contributed by atoms with Gasteiger partial charge in [-0.05, 0) is 66.3 Å². The lowest BCUT2D eigenvalue weighted by Gasteiger charge is -2.06. The fourth-order valence-corrected chi connectivity index (χ4v) is 4.46. The smallest absolute Gasteiger partial charge is 0.266 e. The number of rotatable bonds is 3. The fraction of sp³-hybridized carbons (Fsp3) is 0.105. The number of hydrogen-bond acceptors (Lipinski definition) is 5. The summed E-state index contributed by atoms with van der Waals surface area (Å²) in [6.45, 7) is 3.87. The Labute approximate surface area is 167 Å². The van der Waals surface area contributed by atoms with E-state index in [0.717, 1.165) is 30.7 Å². The van der Waals surface area contributed by atoms with Gasteiger partial charge in [-0.3, -0.25) is 4.79 Å². The molecule has 3 aromatic heterocycles. The Balaban J connectivity index is 1.76. The van der Waals surface area contributed by atoms with E-state index in [1.54, 1.807) is 12.3 Å². The summed E-state index contributed by atoms with van der Waals surface area (Å²) in [7, 11) is 0. The van der Waals surface area contributed by atoms with Crippen LogP contribution in [-0.2, 0) is 0 Å². The topological polar surface area (TPSA) is 68.0 Å². The highest BCUT2D eigenvalue weighted by Gasteiger charge is 2.20. The van der Waals surface area contributed by atoms with Crippen molar-refractivity contribution in [2.24, 2.45) is 0 Å². The molecule has 1 N–H and O–H groups in total. The molecule has 0 fully saturated rings. The molecule has 4 rings (SSSR count). The number of para-hydroxylation sites is 1. The zero-order valence-electron chi connectivity index (χ0n) is 14.0. The van der Waals surface area contributed by atoms with Crippen molar-refractivity contribution in [3.05, 3.63) is 62.4 Å². The number of aryl methyl sites for hydroxylation is 2. The SMILES string of the molecule is Cc1nc(-c2ccco2)nc2sc(C(=O)Nc3ccccc3I)c(C)c12. The molecule has 1 amide bonds. The molecule has 0 aliphatic rings. The lowest BCUT2D eigenvalue weighted by Crippen LogP contribution is -2.12. The second-order valence-electron chi connectivity index (χ2n) is 5.78. The molecule has 0 saturated carbocycles. The zero-order chi connectivity index (χ0) is 18.3. The number of aromatic nitrogens is 2. The molecule has 0 aliphatic carbocycles. The van der Waals surface area contributed by atoms with E-state index in [2.05, 4.69) is 37.9 Å². The zero-order valence-corrected chi connectivity index (χ0v) is 17.0. The molecule has 0 aliphatic heterocycles. The molecule has 5 nitrogen and oxygen atoms in total. The number of anilines is 1. The maximum atomic E-state index is 12.8. The summed E-state index contributed by atoms with van der Waals surface area (Å²) in [6, 6.07) is 11.3. The molecule has 1 aromatic carbocycles. The molecule has 130 valence electrons. The van der Waals surface area contributed by atoms with Gasteiger partial charge in [0.1, 0.15) is 4.83 Å². The van der Waals surface area contributed by atoms with Crippen molar-refractivity contribution in [2.75, 3.05) is 5.32 Å². The summed E-state index contributed by atoms with van der Waals surface area (Å²) in [6.07, 6.45) is 1.60. The average molecular weight is 475 g/mol. The molecule has 7 heteroatoms. The van der Waals surface area contributed by atoms with E-state index < -0.39 is 0 Å². The summed E-state index contributed by atoms with van der Waals surface area (Å²) in [5.74, 6) is 1.02. The van der Waals surface area contributed by atoms with Crippen molar-refractivity contribution >= 4 is 55.7 Å². The van der Waals surface area contributed by atoms with Crippen LogP contribution in [-0.4, -0.2) is 15.9 Å². The standard InChI is InChI=1S/C19H14IN3O2S/c1-10-15-11(2)21-17(14-8-5-9-25-14)23-19(15)26-16(10)18(24)22-13-7-4-3-6-12(13)20/h3-9H,1-2H3,(H,22,24). The Hall–Kier alpha value is -2.26. The van der Waals surface area contributed by atoms with E-state index in [-0.39, 0.29) is 5.91 Å². The minimum absolute atomic E-state index is 0.131. The van der Waals surface area contributed by atoms with Crippen molar-refractivity contribution in [3.63, 3.8) is 0 Å². The fourth-order valence-electron chi connectivity index (χ4n) is 2.81. The van der Waals surface area contributed by atoms with Crippen LogP contribution in [0.25, 0.3) is 21.8 Å². The highest BCUT2D eigenvalue weighted by atomic mass is 127. The van der Waals surface area contributed by atoms with Crippen LogP contribution in [0.3, 0.4) is 0 Å². The van der Waals surface area contributed by atoms with E-state index >= 15 is 0 Å². The van der Waals surface area contributed by atoms with Gasteiger partial charge < -0.3 is 9.73 Å². The Morgan fingerprint density at radius 3 is 2.69 bits per heavy atom. The largest absolute Gasteiger partial charge is 0.461 e. The van der Waals surface area contributed by atoms with Crippen LogP contribution in [0.2, 0.25) is 0 Å². The maximum Gasteiger partial charge on any atom is 0.266 e. The Morgan fingerprint density at radius 1 is 1.15 bits per heavy atom. The van der Waals surface area contributed by atoms with Gasteiger partial charge in [-0.15, -0.1) is 11.3 Å². The van der Waals surface area contributed by atoms with Gasteiger partial charge in [0, 0.05) is 8.96 Å². The van der Waals surface area contributed by atoms with E-state index in [0.29, 0.717) is 16.5 Å². The van der Waals surface area contributed by atoms with Crippen LogP contribution in [0.15, 0.2) is 47.1 Å². The predicted molar refractivity (Wildman–Crippen MR) is 112 cm³/mol. The van der Waals surface area contributed by atoms with E-state index in [1.165, 1.54) is 11.3 Å². The number of furan rings is 1. The number of thiophene rings is 1. The highest BCUT2D eigenvalue weighted by Crippen LogP contribution is 2.33. The number of nitrogens with one attached hydrogen (secondary N) is 1. The number of nitrogens with zero attached hydrogens (tertiary/aromatic N) is 2. The highest BCUT2D eigenvalue weighted by molar-refractivity contribution is 14.1. The third kappa shape index (κ3) is 3.01. The van der Waals surface area contributed by atoms with Crippen LogP contribution < -0.4 is 5.32 Å².